The molecule has 0 aliphatic carbocycles. The summed E-state index contributed by atoms with van der Waals surface area (Å²) in [4.78, 5) is 10.00. The van der Waals surface area contributed by atoms with Gasteiger partial charge in [0.1, 0.15) is 5.75 Å². The van der Waals surface area contributed by atoms with Crippen LogP contribution in [0.1, 0.15) is 5.56 Å². The van der Waals surface area contributed by atoms with E-state index in [1.165, 1.54) is 25.5 Å². The van der Waals surface area contributed by atoms with Crippen LogP contribution in [-0.2, 0) is 0 Å². The molecule has 14 heavy (non-hydrogen) atoms. The monoisotopic (exact) mass is 195 g/mol. The van der Waals surface area contributed by atoms with Crippen LogP contribution in [0.25, 0.3) is 0 Å². The van der Waals surface area contributed by atoms with E-state index in [0.29, 0.717) is 11.3 Å². The molecule has 0 radical (unpaired) electrons. The molecule has 1 rings (SSSR count). The van der Waals surface area contributed by atoms with Crippen LogP contribution in [0.15, 0.2) is 23.3 Å². The average molecular weight is 195 g/mol. The number of non-ortho nitro benzene ring substituents is 1. The van der Waals surface area contributed by atoms with Crippen molar-refractivity contribution in [2.24, 2.45) is 10.9 Å². The number of hydrogen-bond donors (Lipinski definition) is 1. The van der Waals surface area contributed by atoms with Crippen LogP contribution in [-0.4, -0.2) is 18.2 Å². The number of methoxy groups -OCH3 is 1. The molecule has 0 saturated heterocycles. The Morgan fingerprint density at radius 3 is 2.79 bits per heavy atom. The lowest BCUT2D eigenvalue weighted by Crippen LogP contribution is -1.94. The summed E-state index contributed by atoms with van der Waals surface area (Å²) in [5.74, 6) is 5.33. The van der Waals surface area contributed by atoms with Crippen LogP contribution in [0.5, 0.6) is 5.75 Å². The highest BCUT2D eigenvalue weighted by Crippen LogP contribution is 2.21. The molecule has 6 nitrogen and oxygen atoms in total. The summed E-state index contributed by atoms with van der Waals surface area (Å²) in [5.41, 5.74) is 0.470. The van der Waals surface area contributed by atoms with Crippen molar-refractivity contribution in [1.29, 1.82) is 0 Å². The van der Waals surface area contributed by atoms with Crippen molar-refractivity contribution in [2.45, 2.75) is 0 Å². The fourth-order valence-corrected chi connectivity index (χ4v) is 0.990. The third-order valence-electron chi connectivity index (χ3n) is 1.58. The Morgan fingerprint density at radius 1 is 1.57 bits per heavy atom. The molecule has 0 aliphatic heterocycles. The molecule has 0 saturated carbocycles. The lowest BCUT2D eigenvalue weighted by Gasteiger charge is -2.00. The molecule has 0 fully saturated rings. The SMILES string of the molecule is COc1cc(C=NN)cc([N+](=O)[O-])c1. The minimum atomic E-state index is -0.504. The summed E-state index contributed by atoms with van der Waals surface area (Å²) in [6, 6.07) is 4.29. The largest absolute Gasteiger partial charge is 0.496 e. The van der Waals surface area contributed by atoms with E-state index in [4.69, 9.17) is 10.6 Å². The van der Waals surface area contributed by atoms with Gasteiger partial charge in [0.25, 0.3) is 5.69 Å². The Kier molecular flexibility index (Phi) is 3.01. The van der Waals surface area contributed by atoms with Gasteiger partial charge in [0.2, 0.25) is 0 Å². The first kappa shape index (κ1) is 9.97. The number of benzene rings is 1. The molecule has 0 heterocycles. The van der Waals surface area contributed by atoms with Crippen LogP contribution < -0.4 is 10.6 Å². The zero-order valence-corrected chi connectivity index (χ0v) is 7.51. The molecule has 0 aromatic heterocycles. The Labute approximate surface area is 80.1 Å². The second-order valence-corrected chi connectivity index (χ2v) is 2.50. The highest BCUT2D eigenvalue weighted by Gasteiger charge is 2.08. The predicted octanol–water partition coefficient (Wildman–Crippen LogP) is 0.896. The van der Waals surface area contributed by atoms with Gasteiger partial charge in [-0.25, -0.2) is 0 Å². The molecule has 0 atom stereocenters. The van der Waals surface area contributed by atoms with Crippen molar-refractivity contribution in [3.8, 4) is 5.75 Å². The van der Waals surface area contributed by atoms with Gasteiger partial charge in [0.15, 0.2) is 0 Å². The van der Waals surface area contributed by atoms with Crippen molar-refractivity contribution in [3.05, 3.63) is 33.9 Å². The Balaban J connectivity index is 3.19. The van der Waals surface area contributed by atoms with E-state index in [1.807, 2.05) is 0 Å². The molecule has 0 unspecified atom stereocenters. The van der Waals surface area contributed by atoms with E-state index in [0.717, 1.165) is 0 Å². The maximum absolute atomic E-state index is 10.5. The number of nitro groups is 1. The first-order valence-electron chi connectivity index (χ1n) is 3.74. The zero-order chi connectivity index (χ0) is 10.6. The third kappa shape index (κ3) is 2.19. The normalized spacial score (nSPS) is 10.4. The quantitative estimate of drug-likeness (QED) is 0.335. The van der Waals surface area contributed by atoms with Gasteiger partial charge in [-0.1, -0.05) is 0 Å². The smallest absolute Gasteiger partial charge is 0.273 e. The Bertz CT molecular complexity index is 376. The van der Waals surface area contributed by atoms with Crippen LogP contribution >= 0.6 is 0 Å². The second-order valence-electron chi connectivity index (χ2n) is 2.50. The molecule has 0 aliphatic rings. The average Bonchev–Trinajstić information content (AvgIpc) is 2.17. The highest BCUT2D eigenvalue weighted by molar-refractivity contribution is 5.81. The summed E-state index contributed by atoms with van der Waals surface area (Å²) in [6.45, 7) is 0. The van der Waals surface area contributed by atoms with Gasteiger partial charge in [0.05, 0.1) is 24.3 Å². The molecule has 2 N–H and O–H groups in total. The van der Waals surface area contributed by atoms with Gasteiger partial charge in [-0.3, -0.25) is 10.1 Å². The standard InChI is InChI=1S/C8H9N3O3/c1-14-8-3-6(5-10-9)2-7(4-8)11(12)13/h2-5H,9H2,1H3. The molecule has 1 aromatic carbocycles. The molecule has 74 valence electrons. The highest BCUT2D eigenvalue weighted by atomic mass is 16.6. The number of hydrogen-bond acceptors (Lipinski definition) is 5. The number of ether oxygens (including phenoxy) is 1. The van der Waals surface area contributed by atoms with Gasteiger partial charge in [-0.15, -0.1) is 0 Å². The summed E-state index contributed by atoms with van der Waals surface area (Å²) in [5, 5.41) is 13.8. The van der Waals surface area contributed by atoms with Crippen molar-refractivity contribution in [2.75, 3.05) is 7.11 Å². The lowest BCUT2D eigenvalue weighted by molar-refractivity contribution is -0.384. The molecular formula is C8H9N3O3. The van der Waals surface area contributed by atoms with E-state index in [9.17, 15) is 10.1 Å². The predicted molar refractivity (Wildman–Crippen MR) is 51.4 cm³/mol. The first-order valence-corrected chi connectivity index (χ1v) is 3.74. The van der Waals surface area contributed by atoms with Crippen LogP contribution in [0, 0.1) is 10.1 Å². The van der Waals surface area contributed by atoms with Crippen molar-refractivity contribution < 1.29 is 9.66 Å². The second kappa shape index (κ2) is 4.22. The number of nitrogens with two attached hydrogens (primary N) is 1. The maximum atomic E-state index is 10.5. The number of nitro benzene ring substituents is 1. The van der Waals surface area contributed by atoms with E-state index < -0.39 is 4.92 Å². The lowest BCUT2D eigenvalue weighted by atomic mass is 10.2. The first-order chi connectivity index (χ1) is 6.67. The van der Waals surface area contributed by atoms with Gasteiger partial charge >= 0.3 is 0 Å². The maximum Gasteiger partial charge on any atom is 0.273 e. The van der Waals surface area contributed by atoms with Crippen LogP contribution in [0.2, 0.25) is 0 Å². The minimum absolute atomic E-state index is 0.0562. The van der Waals surface area contributed by atoms with E-state index in [1.54, 1.807) is 6.07 Å². The van der Waals surface area contributed by atoms with Crippen LogP contribution in [0.4, 0.5) is 5.69 Å². The summed E-state index contributed by atoms with van der Waals surface area (Å²) in [6.07, 6.45) is 1.32. The molecule has 0 bridgehead atoms. The summed E-state index contributed by atoms with van der Waals surface area (Å²) >= 11 is 0. The molecular weight excluding hydrogens is 186 g/mol. The van der Waals surface area contributed by atoms with Crippen molar-refractivity contribution >= 4 is 11.9 Å². The number of rotatable bonds is 3. The van der Waals surface area contributed by atoms with E-state index >= 15 is 0 Å². The van der Waals surface area contributed by atoms with Gasteiger partial charge in [-0.2, -0.15) is 5.10 Å². The van der Waals surface area contributed by atoms with Crippen molar-refractivity contribution in [3.63, 3.8) is 0 Å². The fraction of sp³-hybridized carbons (Fsp3) is 0.125. The van der Waals surface area contributed by atoms with Crippen molar-refractivity contribution in [1.82, 2.24) is 0 Å². The summed E-state index contributed by atoms with van der Waals surface area (Å²) in [7, 11) is 1.43. The minimum Gasteiger partial charge on any atom is -0.496 e. The molecule has 6 heteroatoms. The van der Waals surface area contributed by atoms with E-state index in [2.05, 4.69) is 5.10 Å². The Hall–Kier alpha value is -2.11. The Morgan fingerprint density at radius 2 is 2.29 bits per heavy atom. The number of nitrogens with zero attached hydrogens (tertiary/aromatic N) is 2. The zero-order valence-electron chi connectivity index (χ0n) is 7.51. The summed E-state index contributed by atoms with van der Waals surface area (Å²) < 4.78 is 4.89. The van der Waals surface area contributed by atoms with Gasteiger partial charge < -0.3 is 10.6 Å². The number of hydrazone groups is 1. The molecule has 1 aromatic rings. The van der Waals surface area contributed by atoms with Crippen LogP contribution in [0.3, 0.4) is 0 Å². The van der Waals surface area contributed by atoms with Gasteiger partial charge in [-0.05, 0) is 6.07 Å². The van der Waals surface area contributed by atoms with E-state index in [-0.39, 0.29) is 5.69 Å². The van der Waals surface area contributed by atoms with Gasteiger partial charge in [0, 0.05) is 11.6 Å². The third-order valence-corrected chi connectivity index (χ3v) is 1.58. The topological polar surface area (TPSA) is 90.8 Å². The molecule has 0 amide bonds. The molecule has 0 spiro atoms. The fourth-order valence-electron chi connectivity index (χ4n) is 0.990.